The van der Waals surface area contributed by atoms with Gasteiger partial charge in [-0.1, -0.05) is 39.8 Å². The molecular weight excluding hydrogens is 240 g/mol. The highest BCUT2D eigenvalue weighted by molar-refractivity contribution is 5.93. The van der Waals surface area contributed by atoms with Gasteiger partial charge < -0.3 is 9.47 Å². The van der Waals surface area contributed by atoms with Crippen LogP contribution in [0, 0.1) is 18.8 Å². The lowest BCUT2D eigenvalue weighted by Gasteiger charge is -2.15. The molecule has 0 radical (unpaired) electrons. The number of aryl methyl sites for hydroxylation is 1. The van der Waals surface area contributed by atoms with E-state index in [-0.39, 0.29) is 5.97 Å². The number of esters is 1. The number of benzene rings is 1. The summed E-state index contributed by atoms with van der Waals surface area (Å²) in [7, 11) is 0. The van der Waals surface area contributed by atoms with Crippen molar-refractivity contribution in [1.82, 2.24) is 0 Å². The summed E-state index contributed by atoms with van der Waals surface area (Å²) in [6.45, 7) is 11.1. The summed E-state index contributed by atoms with van der Waals surface area (Å²) in [4.78, 5) is 12.1. The molecule has 0 aromatic heterocycles. The Kier molecular flexibility index (Phi) is 5.87. The molecule has 0 saturated heterocycles. The molecule has 0 spiro atoms. The average Bonchev–Trinajstić information content (AvgIpc) is 2.33. The highest BCUT2D eigenvalue weighted by Crippen LogP contribution is 2.25. The lowest BCUT2D eigenvalue weighted by atomic mass is 10.1. The van der Waals surface area contributed by atoms with Crippen LogP contribution in [0.3, 0.4) is 0 Å². The fraction of sp³-hybridized carbons (Fsp3) is 0.562. The topological polar surface area (TPSA) is 35.5 Å². The van der Waals surface area contributed by atoms with E-state index in [1.165, 1.54) is 0 Å². The van der Waals surface area contributed by atoms with Gasteiger partial charge in [-0.3, -0.25) is 0 Å². The van der Waals surface area contributed by atoms with E-state index in [1.807, 2.05) is 32.9 Å². The van der Waals surface area contributed by atoms with E-state index in [1.54, 1.807) is 6.07 Å². The second-order valence-corrected chi connectivity index (χ2v) is 5.65. The minimum atomic E-state index is -0.309. The van der Waals surface area contributed by atoms with Gasteiger partial charge >= 0.3 is 5.97 Å². The molecule has 0 amide bonds. The number of para-hydroxylation sites is 1. The Hall–Kier alpha value is -1.51. The molecule has 0 bridgehead atoms. The summed E-state index contributed by atoms with van der Waals surface area (Å²) in [6, 6.07) is 5.55. The molecule has 106 valence electrons. The van der Waals surface area contributed by atoms with Crippen LogP contribution in [0.2, 0.25) is 0 Å². The van der Waals surface area contributed by atoms with E-state index in [4.69, 9.17) is 9.47 Å². The van der Waals surface area contributed by atoms with E-state index in [0.717, 1.165) is 5.56 Å². The highest BCUT2D eigenvalue weighted by atomic mass is 16.5. The first kappa shape index (κ1) is 15.5. The molecule has 0 atom stereocenters. The Morgan fingerprint density at radius 1 is 1.11 bits per heavy atom. The third kappa shape index (κ3) is 4.93. The van der Waals surface area contributed by atoms with Gasteiger partial charge in [-0.25, -0.2) is 4.79 Å². The second-order valence-electron chi connectivity index (χ2n) is 5.65. The zero-order chi connectivity index (χ0) is 14.4. The van der Waals surface area contributed by atoms with Crippen molar-refractivity contribution >= 4 is 5.97 Å². The van der Waals surface area contributed by atoms with Gasteiger partial charge in [-0.2, -0.15) is 0 Å². The van der Waals surface area contributed by atoms with Gasteiger partial charge in [-0.15, -0.1) is 0 Å². The summed E-state index contributed by atoms with van der Waals surface area (Å²) in [5, 5.41) is 0. The fourth-order valence-electron chi connectivity index (χ4n) is 1.57. The Morgan fingerprint density at radius 2 is 1.74 bits per heavy atom. The van der Waals surface area contributed by atoms with Crippen LogP contribution in [-0.4, -0.2) is 19.2 Å². The van der Waals surface area contributed by atoms with Gasteiger partial charge in [0.25, 0.3) is 0 Å². The number of carbonyl (C=O) groups is 1. The molecule has 0 heterocycles. The summed E-state index contributed by atoms with van der Waals surface area (Å²) in [6.07, 6.45) is 0. The minimum absolute atomic E-state index is 0.309. The van der Waals surface area contributed by atoms with Gasteiger partial charge in [0.2, 0.25) is 0 Å². The van der Waals surface area contributed by atoms with Crippen LogP contribution in [0.1, 0.15) is 43.6 Å². The number of ether oxygens (including phenoxy) is 2. The predicted octanol–water partition coefficient (Wildman–Crippen LogP) is 3.84. The van der Waals surface area contributed by atoms with Crippen LogP contribution >= 0.6 is 0 Å². The van der Waals surface area contributed by atoms with Gasteiger partial charge in [-0.05, 0) is 30.4 Å². The lowest BCUT2D eigenvalue weighted by Crippen LogP contribution is -2.14. The summed E-state index contributed by atoms with van der Waals surface area (Å²) in [5.41, 5.74) is 1.47. The molecular formula is C16H24O3. The molecule has 1 aromatic rings. The van der Waals surface area contributed by atoms with Crippen LogP contribution in [0.5, 0.6) is 5.75 Å². The average molecular weight is 264 g/mol. The van der Waals surface area contributed by atoms with E-state index in [2.05, 4.69) is 13.8 Å². The monoisotopic (exact) mass is 264 g/mol. The Balaban J connectivity index is 2.86. The largest absolute Gasteiger partial charge is 0.492 e. The number of hydrogen-bond donors (Lipinski definition) is 0. The van der Waals surface area contributed by atoms with Crippen LogP contribution in [0.25, 0.3) is 0 Å². The Bertz CT molecular complexity index is 422. The van der Waals surface area contributed by atoms with Crippen molar-refractivity contribution in [1.29, 1.82) is 0 Å². The third-order valence-electron chi connectivity index (χ3n) is 2.54. The minimum Gasteiger partial charge on any atom is -0.492 e. The van der Waals surface area contributed by atoms with E-state index in [0.29, 0.717) is 36.4 Å². The van der Waals surface area contributed by atoms with E-state index < -0.39 is 0 Å². The molecule has 1 aromatic carbocycles. The molecule has 0 N–H and O–H groups in total. The first-order valence-electron chi connectivity index (χ1n) is 6.81. The van der Waals surface area contributed by atoms with Crippen molar-refractivity contribution in [3.63, 3.8) is 0 Å². The molecule has 0 unspecified atom stereocenters. The van der Waals surface area contributed by atoms with Crippen LogP contribution in [0.15, 0.2) is 18.2 Å². The quantitative estimate of drug-likeness (QED) is 0.732. The maximum atomic E-state index is 12.1. The third-order valence-corrected chi connectivity index (χ3v) is 2.54. The van der Waals surface area contributed by atoms with Gasteiger partial charge in [0.1, 0.15) is 11.3 Å². The summed E-state index contributed by atoms with van der Waals surface area (Å²) in [5.74, 6) is 1.08. The zero-order valence-corrected chi connectivity index (χ0v) is 12.5. The van der Waals surface area contributed by atoms with Gasteiger partial charge in [0, 0.05) is 0 Å². The second kappa shape index (κ2) is 7.17. The SMILES string of the molecule is Cc1cccc(C(=O)OCC(C)C)c1OCC(C)C. The molecule has 0 aliphatic heterocycles. The van der Waals surface area contributed by atoms with E-state index in [9.17, 15) is 4.79 Å². The van der Waals surface area contributed by atoms with Crippen molar-refractivity contribution in [2.45, 2.75) is 34.6 Å². The van der Waals surface area contributed by atoms with Crippen LogP contribution < -0.4 is 4.74 Å². The van der Waals surface area contributed by atoms with Crippen molar-refractivity contribution in [2.75, 3.05) is 13.2 Å². The molecule has 3 heteroatoms. The summed E-state index contributed by atoms with van der Waals surface area (Å²) >= 11 is 0. The zero-order valence-electron chi connectivity index (χ0n) is 12.5. The molecule has 0 aliphatic rings. The smallest absolute Gasteiger partial charge is 0.341 e. The van der Waals surface area contributed by atoms with Crippen molar-refractivity contribution in [3.8, 4) is 5.75 Å². The molecule has 0 aliphatic carbocycles. The Labute approximate surface area is 115 Å². The van der Waals surface area contributed by atoms with Crippen molar-refractivity contribution in [2.24, 2.45) is 11.8 Å². The Morgan fingerprint density at radius 3 is 2.32 bits per heavy atom. The van der Waals surface area contributed by atoms with Crippen molar-refractivity contribution < 1.29 is 14.3 Å². The standard InChI is InChI=1S/C16H24O3/c1-11(2)9-18-15-13(5)7-6-8-14(15)16(17)19-10-12(3)4/h6-8,11-12H,9-10H2,1-5H3. The molecule has 0 saturated carbocycles. The highest BCUT2D eigenvalue weighted by Gasteiger charge is 2.16. The fourth-order valence-corrected chi connectivity index (χ4v) is 1.57. The van der Waals surface area contributed by atoms with E-state index >= 15 is 0 Å². The predicted molar refractivity (Wildman–Crippen MR) is 76.6 cm³/mol. The number of hydrogen-bond acceptors (Lipinski definition) is 3. The normalized spacial score (nSPS) is 10.9. The maximum Gasteiger partial charge on any atom is 0.341 e. The molecule has 1 rings (SSSR count). The molecule has 3 nitrogen and oxygen atoms in total. The van der Waals surface area contributed by atoms with Gasteiger partial charge in [0.05, 0.1) is 13.2 Å². The molecule has 0 fully saturated rings. The summed E-state index contributed by atoms with van der Waals surface area (Å²) < 4.78 is 11.0. The first-order valence-corrected chi connectivity index (χ1v) is 6.81. The van der Waals surface area contributed by atoms with Crippen molar-refractivity contribution in [3.05, 3.63) is 29.3 Å². The number of carbonyl (C=O) groups excluding carboxylic acids is 1. The molecule has 19 heavy (non-hydrogen) atoms. The van der Waals surface area contributed by atoms with Crippen LogP contribution in [0.4, 0.5) is 0 Å². The first-order chi connectivity index (χ1) is 8.91. The number of rotatable bonds is 6. The van der Waals surface area contributed by atoms with Gasteiger partial charge in [0.15, 0.2) is 0 Å². The lowest BCUT2D eigenvalue weighted by molar-refractivity contribution is 0.0453. The van der Waals surface area contributed by atoms with Crippen LogP contribution in [-0.2, 0) is 4.74 Å². The maximum absolute atomic E-state index is 12.1.